The van der Waals surface area contributed by atoms with Crippen molar-refractivity contribution in [3.8, 4) is 5.75 Å². The Labute approximate surface area is 200 Å². The lowest BCUT2D eigenvalue weighted by atomic mass is 9.95. The van der Waals surface area contributed by atoms with E-state index < -0.39 is 17.7 Å². The second-order valence-corrected chi connectivity index (χ2v) is 8.97. The lowest BCUT2D eigenvalue weighted by Gasteiger charge is -2.26. The van der Waals surface area contributed by atoms with Crippen molar-refractivity contribution in [2.75, 3.05) is 33.8 Å². The van der Waals surface area contributed by atoms with Crippen LogP contribution in [0.15, 0.2) is 48.0 Å². The monoisotopic (exact) mass is 470 g/mol. The van der Waals surface area contributed by atoms with Crippen LogP contribution in [-0.4, -0.2) is 60.4 Å². The van der Waals surface area contributed by atoms with Gasteiger partial charge in [0.15, 0.2) is 0 Å². The van der Waals surface area contributed by atoms with E-state index in [0.29, 0.717) is 30.3 Å². The Morgan fingerprint density at radius 2 is 1.85 bits per heavy atom. The van der Waals surface area contributed by atoms with Crippen LogP contribution >= 0.6 is 11.6 Å². The van der Waals surface area contributed by atoms with Crippen LogP contribution in [0.3, 0.4) is 0 Å². The number of likely N-dealkylation sites (tertiary alicyclic amines) is 1. The first-order valence-corrected chi connectivity index (χ1v) is 11.5. The molecule has 1 N–H and O–H groups in total. The van der Waals surface area contributed by atoms with E-state index in [1.165, 1.54) is 4.90 Å². The molecule has 3 rings (SSSR count). The Balaban J connectivity index is 2.04. The third kappa shape index (κ3) is 5.57. The van der Waals surface area contributed by atoms with Crippen molar-refractivity contribution in [1.82, 2.24) is 9.80 Å². The number of rotatable bonds is 9. The summed E-state index contributed by atoms with van der Waals surface area (Å²) in [5.74, 6) is -0.758. The Kier molecular flexibility index (Phi) is 8.16. The van der Waals surface area contributed by atoms with Crippen molar-refractivity contribution < 1.29 is 19.4 Å². The van der Waals surface area contributed by atoms with Crippen LogP contribution in [0, 0.1) is 6.92 Å². The highest BCUT2D eigenvalue weighted by molar-refractivity contribution is 6.46. The van der Waals surface area contributed by atoms with E-state index in [-0.39, 0.29) is 11.3 Å². The fraction of sp³-hybridized carbons (Fsp3) is 0.385. The Hall–Kier alpha value is -2.83. The van der Waals surface area contributed by atoms with Crippen molar-refractivity contribution in [2.24, 2.45) is 0 Å². The van der Waals surface area contributed by atoms with Crippen LogP contribution in [0.1, 0.15) is 42.5 Å². The number of benzene rings is 2. The lowest BCUT2D eigenvalue weighted by molar-refractivity contribution is -0.140. The molecule has 0 spiro atoms. The number of hydrogen-bond donors (Lipinski definition) is 1. The molecule has 7 heteroatoms. The van der Waals surface area contributed by atoms with Gasteiger partial charge in [-0.1, -0.05) is 37.1 Å². The molecular weight excluding hydrogens is 440 g/mol. The summed E-state index contributed by atoms with van der Waals surface area (Å²) in [5, 5.41) is 11.8. The average Bonchev–Trinajstić information content (AvgIpc) is 3.03. The highest BCUT2D eigenvalue weighted by Gasteiger charge is 2.45. The van der Waals surface area contributed by atoms with Gasteiger partial charge in [0, 0.05) is 23.7 Å². The van der Waals surface area contributed by atoms with Crippen LogP contribution in [0.4, 0.5) is 0 Å². The molecule has 2 aromatic rings. The molecule has 176 valence electrons. The summed E-state index contributed by atoms with van der Waals surface area (Å²) >= 11 is 6.06. The molecule has 1 unspecified atom stereocenters. The summed E-state index contributed by atoms with van der Waals surface area (Å²) in [5.41, 5.74) is 2.12. The summed E-state index contributed by atoms with van der Waals surface area (Å²) in [7, 11) is 3.81. The van der Waals surface area contributed by atoms with Crippen LogP contribution in [0.2, 0.25) is 5.02 Å². The number of unbranched alkanes of at least 4 members (excludes halogenated alkanes) is 1. The van der Waals surface area contributed by atoms with E-state index in [0.717, 1.165) is 29.7 Å². The number of aliphatic hydroxyl groups is 1. The Bertz CT molecular complexity index is 1050. The molecule has 0 radical (unpaired) electrons. The van der Waals surface area contributed by atoms with Crippen LogP contribution in [0.25, 0.3) is 5.76 Å². The van der Waals surface area contributed by atoms with Gasteiger partial charge in [-0.2, -0.15) is 0 Å². The van der Waals surface area contributed by atoms with Crippen LogP contribution in [0.5, 0.6) is 5.75 Å². The van der Waals surface area contributed by atoms with Gasteiger partial charge in [0.1, 0.15) is 11.5 Å². The zero-order valence-corrected chi connectivity index (χ0v) is 20.4. The number of nitrogens with zero attached hydrogens (tertiary/aromatic N) is 2. The fourth-order valence-electron chi connectivity index (χ4n) is 3.85. The van der Waals surface area contributed by atoms with Gasteiger partial charge in [0.2, 0.25) is 0 Å². The predicted molar refractivity (Wildman–Crippen MR) is 131 cm³/mol. The van der Waals surface area contributed by atoms with E-state index in [9.17, 15) is 14.7 Å². The molecule has 1 saturated heterocycles. The van der Waals surface area contributed by atoms with Gasteiger partial charge in [-0.05, 0) is 68.9 Å². The summed E-state index contributed by atoms with van der Waals surface area (Å²) in [4.78, 5) is 29.5. The van der Waals surface area contributed by atoms with Crippen LogP contribution < -0.4 is 4.74 Å². The van der Waals surface area contributed by atoms with Gasteiger partial charge in [-0.3, -0.25) is 9.59 Å². The number of carbonyl (C=O) groups excluding carboxylic acids is 2. The van der Waals surface area contributed by atoms with Gasteiger partial charge in [-0.25, -0.2) is 0 Å². The molecule has 0 aliphatic carbocycles. The van der Waals surface area contributed by atoms with Gasteiger partial charge in [0.05, 0.1) is 18.2 Å². The first-order chi connectivity index (χ1) is 15.7. The zero-order valence-electron chi connectivity index (χ0n) is 19.6. The van der Waals surface area contributed by atoms with E-state index in [4.69, 9.17) is 16.3 Å². The molecule has 6 nitrogen and oxygen atoms in total. The number of carbonyl (C=O) groups is 2. The maximum absolute atomic E-state index is 13.1. The number of ether oxygens (including phenoxy) is 1. The summed E-state index contributed by atoms with van der Waals surface area (Å²) in [6.07, 6.45) is 2.00. The second-order valence-electron chi connectivity index (χ2n) is 8.53. The summed E-state index contributed by atoms with van der Waals surface area (Å²) in [6.45, 7) is 5.55. The van der Waals surface area contributed by atoms with Crippen molar-refractivity contribution >= 4 is 29.1 Å². The molecule has 0 saturated carbocycles. The van der Waals surface area contributed by atoms with Crippen molar-refractivity contribution in [2.45, 2.75) is 32.7 Å². The number of likely N-dealkylation sites (N-methyl/N-ethyl adjacent to an activating group) is 1. The predicted octanol–water partition coefficient (Wildman–Crippen LogP) is 4.81. The Morgan fingerprint density at radius 3 is 2.45 bits per heavy atom. The van der Waals surface area contributed by atoms with E-state index >= 15 is 0 Å². The molecule has 33 heavy (non-hydrogen) atoms. The normalized spacial score (nSPS) is 17.8. The molecule has 1 heterocycles. The maximum atomic E-state index is 13.1. The number of ketones is 1. The van der Waals surface area contributed by atoms with Crippen LogP contribution in [-0.2, 0) is 9.59 Å². The minimum absolute atomic E-state index is 0.0835. The van der Waals surface area contributed by atoms with Crippen molar-refractivity contribution in [3.05, 3.63) is 69.8 Å². The lowest BCUT2D eigenvalue weighted by Crippen LogP contribution is -2.35. The van der Waals surface area contributed by atoms with Gasteiger partial charge < -0.3 is 19.6 Å². The molecule has 2 aromatic carbocycles. The molecule has 0 aromatic heterocycles. The van der Waals surface area contributed by atoms with E-state index in [1.54, 1.807) is 42.5 Å². The molecule has 1 fully saturated rings. The van der Waals surface area contributed by atoms with Crippen molar-refractivity contribution in [3.63, 3.8) is 0 Å². The number of amides is 1. The quantitative estimate of drug-likeness (QED) is 0.246. The minimum atomic E-state index is -0.692. The zero-order chi connectivity index (χ0) is 24.1. The molecule has 0 bridgehead atoms. The second kappa shape index (κ2) is 10.9. The summed E-state index contributed by atoms with van der Waals surface area (Å²) < 4.78 is 5.80. The molecule has 1 amide bonds. The van der Waals surface area contributed by atoms with E-state index in [2.05, 4.69) is 6.92 Å². The maximum Gasteiger partial charge on any atom is 0.295 e. The summed E-state index contributed by atoms with van der Waals surface area (Å²) in [6, 6.07) is 11.6. The SMILES string of the molecule is CCCCOc1ccc(/C(O)=C2/C(=O)C(=O)N(CCN(C)C)C2c2ccc(Cl)cc2)cc1C. The number of hydrogen-bond acceptors (Lipinski definition) is 5. The van der Waals surface area contributed by atoms with E-state index in [1.807, 2.05) is 25.9 Å². The molecule has 1 aliphatic heterocycles. The number of halogens is 1. The topological polar surface area (TPSA) is 70.1 Å². The Morgan fingerprint density at radius 1 is 1.15 bits per heavy atom. The third-order valence-electron chi connectivity index (χ3n) is 5.72. The van der Waals surface area contributed by atoms with Gasteiger partial charge in [0.25, 0.3) is 11.7 Å². The molecule has 1 atom stereocenters. The van der Waals surface area contributed by atoms with Gasteiger partial charge >= 0.3 is 0 Å². The fourth-order valence-corrected chi connectivity index (χ4v) is 3.98. The largest absolute Gasteiger partial charge is 0.507 e. The first kappa shape index (κ1) is 24.8. The minimum Gasteiger partial charge on any atom is -0.507 e. The highest BCUT2D eigenvalue weighted by atomic mass is 35.5. The number of Topliss-reactive ketones (excluding diaryl/α,β-unsaturated/α-hetero) is 1. The average molecular weight is 471 g/mol. The van der Waals surface area contributed by atoms with Crippen molar-refractivity contribution in [1.29, 1.82) is 0 Å². The van der Waals surface area contributed by atoms with Gasteiger partial charge in [-0.15, -0.1) is 0 Å². The third-order valence-corrected chi connectivity index (χ3v) is 5.97. The number of aliphatic hydroxyl groups excluding tert-OH is 1. The smallest absolute Gasteiger partial charge is 0.295 e. The molecule has 1 aliphatic rings. The highest BCUT2D eigenvalue weighted by Crippen LogP contribution is 2.40. The standard InChI is InChI=1S/C26H31ClN2O4/c1-5-6-15-33-21-12-9-19(16-17(21)2)24(30)22-23(18-7-10-20(27)11-8-18)29(14-13-28(3)4)26(32)25(22)31/h7-12,16,23,30H,5-6,13-15H2,1-4H3/b24-22-. The first-order valence-electron chi connectivity index (χ1n) is 11.2. The molecular formula is C26H31ClN2O4. The number of aryl methyl sites for hydroxylation is 1.